The number of nitrogens with one attached hydrogen (secondary N) is 1. The van der Waals surface area contributed by atoms with Crippen LogP contribution in [0.3, 0.4) is 0 Å². The number of fused-ring (bicyclic) bond motifs is 2. The number of thiazole rings is 1. The van der Waals surface area contributed by atoms with Crippen LogP contribution in [0.1, 0.15) is 39.2 Å². The third-order valence-corrected chi connectivity index (χ3v) is 10.6. The molecule has 15 heteroatoms. The van der Waals surface area contributed by atoms with Crippen molar-refractivity contribution in [2.24, 2.45) is 5.92 Å². The van der Waals surface area contributed by atoms with Gasteiger partial charge in [-0.1, -0.05) is 47.4 Å². The van der Waals surface area contributed by atoms with E-state index >= 15 is 0 Å². The van der Waals surface area contributed by atoms with Gasteiger partial charge in [-0.25, -0.2) is 9.69 Å². The molecule has 48 heavy (non-hydrogen) atoms. The van der Waals surface area contributed by atoms with Crippen molar-refractivity contribution in [3.05, 3.63) is 104 Å². The lowest BCUT2D eigenvalue weighted by Crippen LogP contribution is -2.33. The molecular weight excluding hydrogens is 672 g/mol. The molecule has 3 aromatic carbocycles. The Morgan fingerprint density at radius 3 is 2.27 bits per heavy atom. The number of hydrogen-bond donors (Lipinski definition) is 1. The van der Waals surface area contributed by atoms with Crippen LogP contribution in [0.4, 0.5) is 24.5 Å². The third kappa shape index (κ3) is 5.99. The molecule has 3 amide bonds. The van der Waals surface area contributed by atoms with Gasteiger partial charge in [-0.15, -0.1) is 0 Å². The molecule has 2 unspecified atom stereocenters. The zero-order valence-electron chi connectivity index (χ0n) is 25.3. The van der Waals surface area contributed by atoms with Gasteiger partial charge >= 0.3 is 17.0 Å². The monoisotopic (exact) mass is 697 g/mol. The molecule has 3 atom stereocenters. The van der Waals surface area contributed by atoms with Crippen molar-refractivity contribution in [1.29, 1.82) is 0 Å². The molecule has 1 fully saturated rings. The van der Waals surface area contributed by atoms with E-state index < -0.39 is 69.6 Å². The SMILES string of the molecule is CCOC(=O)c1ccc(N2C(=O)C3Sc4c(sc(=O)n4CC(=O)Nc4ccccc4C(F)(F)F)[C@H](c4ccc(OC)cc4)C3C2=O)cc1. The Balaban J connectivity index is 1.37. The van der Waals surface area contributed by atoms with Crippen LogP contribution in [0.25, 0.3) is 0 Å². The molecule has 0 radical (unpaired) electrons. The lowest BCUT2D eigenvalue weighted by atomic mass is 9.83. The van der Waals surface area contributed by atoms with Crippen molar-refractivity contribution in [3.8, 4) is 5.75 Å². The summed E-state index contributed by atoms with van der Waals surface area (Å²) in [6, 6.07) is 17.2. The van der Waals surface area contributed by atoms with E-state index in [2.05, 4.69) is 5.32 Å². The molecule has 0 aliphatic carbocycles. The molecule has 1 saturated heterocycles. The number of nitrogens with zero attached hydrogens (tertiary/aromatic N) is 2. The van der Waals surface area contributed by atoms with Crippen molar-refractivity contribution in [2.75, 3.05) is 23.9 Å². The van der Waals surface area contributed by atoms with Gasteiger partial charge in [-0.05, 0) is 61.0 Å². The predicted molar refractivity (Wildman–Crippen MR) is 172 cm³/mol. The first-order valence-corrected chi connectivity index (χ1v) is 16.3. The Hall–Kier alpha value is -4.89. The number of carbonyl (C=O) groups excluding carboxylic acids is 4. The number of alkyl halides is 3. The van der Waals surface area contributed by atoms with Gasteiger partial charge in [0.05, 0.1) is 47.2 Å². The van der Waals surface area contributed by atoms with Crippen LogP contribution >= 0.6 is 23.1 Å². The van der Waals surface area contributed by atoms with E-state index in [1.54, 1.807) is 31.2 Å². The molecule has 4 aromatic rings. The summed E-state index contributed by atoms with van der Waals surface area (Å²) in [7, 11) is 1.49. The van der Waals surface area contributed by atoms with E-state index in [0.29, 0.717) is 16.2 Å². The maximum atomic E-state index is 14.1. The number of halogens is 3. The zero-order chi connectivity index (χ0) is 34.3. The van der Waals surface area contributed by atoms with Gasteiger partial charge in [0.25, 0.3) is 0 Å². The van der Waals surface area contributed by atoms with Crippen LogP contribution < -0.4 is 19.8 Å². The zero-order valence-corrected chi connectivity index (χ0v) is 26.9. The number of thioether (sulfide) groups is 1. The second-order valence-corrected chi connectivity index (χ2v) is 12.9. The summed E-state index contributed by atoms with van der Waals surface area (Å²) in [6.45, 7) is 1.22. The van der Waals surface area contributed by atoms with Crippen LogP contribution in [-0.4, -0.2) is 47.2 Å². The molecule has 0 saturated carbocycles. The van der Waals surface area contributed by atoms with Crippen LogP contribution in [0.5, 0.6) is 5.75 Å². The number of carbonyl (C=O) groups is 4. The third-order valence-electron chi connectivity index (χ3n) is 7.97. The Morgan fingerprint density at radius 2 is 1.62 bits per heavy atom. The molecule has 6 rings (SSSR count). The Labute approximate surface area is 279 Å². The summed E-state index contributed by atoms with van der Waals surface area (Å²) in [4.78, 5) is 67.6. The average molecular weight is 698 g/mol. The second-order valence-electron chi connectivity index (χ2n) is 10.8. The number of benzene rings is 3. The fourth-order valence-electron chi connectivity index (χ4n) is 5.81. The normalized spacial score (nSPS) is 18.7. The molecule has 0 bridgehead atoms. The minimum absolute atomic E-state index is 0.175. The Kier molecular flexibility index (Phi) is 8.92. The fourth-order valence-corrected chi connectivity index (χ4v) is 8.59. The predicted octanol–water partition coefficient (Wildman–Crippen LogP) is 5.55. The summed E-state index contributed by atoms with van der Waals surface area (Å²) >= 11 is 1.77. The van der Waals surface area contributed by atoms with Gasteiger partial charge in [-0.2, -0.15) is 13.2 Å². The highest BCUT2D eigenvalue weighted by Gasteiger charge is 2.57. The lowest BCUT2D eigenvalue weighted by Gasteiger charge is -2.30. The van der Waals surface area contributed by atoms with Crippen molar-refractivity contribution in [3.63, 3.8) is 0 Å². The summed E-state index contributed by atoms with van der Waals surface area (Å²) in [6.07, 6.45) is -4.72. The first kappa shape index (κ1) is 33.0. The molecule has 248 valence electrons. The number of ether oxygens (including phenoxy) is 2. The summed E-state index contributed by atoms with van der Waals surface area (Å²) < 4.78 is 52.1. The minimum Gasteiger partial charge on any atom is -0.497 e. The van der Waals surface area contributed by atoms with E-state index in [0.717, 1.165) is 44.7 Å². The van der Waals surface area contributed by atoms with Crippen molar-refractivity contribution in [2.45, 2.75) is 35.8 Å². The number of rotatable bonds is 8. The van der Waals surface area contributed by atoms with E-state index in [9.17, 15) is 37.1 Å². The molecule has 1 aromatic heterocycles. The number of methoxy groups -OCH3 is 1. The smallest absolute Gasteiger partial charge is 0.418 e. The van der Waals surface area contributed by atoms with Gasteiger partial charge < -0.3 is 14.8 Å². The topological polar surface area (TPSA) is 124 Å². The number of hydrogen-bond acceptors (Lipinski definition) is 9. The number of esters is 1. The number of anilines is 2. The van der Waals surface area contributed by atoms with E-state index in [4.69, 9.17) is 9.47 Å². The molecule has 10 nitrogen and oxygen atoms in total. The molecular formula is C33H26F3N3O7S2. The second kappa shape index (κ2) is 13.0. The van der Waals surface area contributed by atoms with Crippen molar-refractivity contribution in [1.82, 2.24) is 4.57 Å². The standard InChI is InChI=1S/C33H26F3N3O7S2/c1-3-46-31(43)18-8-12-19(13-9-18)39-28(41)25-24(17-10-14-20(45-2)15-11-17)27-30(47-26(25)29(39)42)38(32(44)48-27)16-23(40)37-22-7-5-4-6-21(22)33(34,35)36/h4-15,24-26H,3,16H2,1-2H3,(H,37,40)/t24-,25?,26?/m1/s1. The number of aromatic nitrogens is 1. The molecule has 0 spiro atoms. The Morgan fingerprint density at radius 1 is 0.938 bits per heavy atom. The van der Waals surface area contributed by atoms with Crippen LogP contribution in [-0.2, 0) is 31.8 Å². The number of amides is 3. The van der Waals surface area contributed by atoms with E-state index in [-0.39, 0.29) is 22.9 Å². The first-order valence-electron chi connectivity index (χ1n) is 14.6. The number of imide groups is 1. The van der Waals surface area contributed by atoms with Crippen LogP contribution in [0.15, 0.2) is 82.6 Å². The highest BCUT2D eigenvalue weighted by atomic mass is 32.2. The molecule has 1 N–H and O–H groups in total. The van der Waals surface area contributed by atoms with Gasteiger partial charge in [0.2, 0.25) is 17.7 Å². The Bertz CT molecular complexity index is 1970. The quantitative estimate of drug-likeness (QED) is 0.188. The highest BCUT2D eigenvalue weighted by molar-refractivity contribution is 8.00. The van der Waals surface area contributed by atoms with E-state index in [1.165, 1.54) is 43.5 Å². The van der Waals surface area contributed by atoms with Gasteiger partial charge in [0.15, 0.2) is 0 Å². The van der Waals surface area contributed by atoms with E-state index in [1.807, 2.05) is 0 Å². The van der Waals surface area contributed by atoms with Gasteiger partial charge in [0, 0.05) is 10.8 Å². The molecule has 2 aliphatic rings. The van der Waals surface area contributed by atoms with Gasteiger partial charge in [0.1, 0.15) is 17.5 Å². The van der Waals surface area contributed by atoms with Crippen molar-refractivity contribution >= 4 is 58.2 Å². The largest absolute Gasteiger partial charge is 0.497 e. The van der Waals surface area contributed by atoms with Crippen LogP contribution in [0.2, 0.25) is 0 Å². The first-order chi connectivity index (χ1) is 22.9. The van der Waals surface area contributed by atoms with Crippen LogP contribution in [0, 0.1) is 5.92 Å². The average Bonchev–Trinajstić information content (AvgIpc) is 3.50. The van der Waals surface area contributed by atoms with Crippen molar-refractivity contribution < 1.29 is 41.8 Å². The molecule has 3 heterocycles. The summed E-state index contributed by atoms with van der Waals surface area (Å²) in [5.74, 6) is -3.68. The summed E-state index contributed by atoms with van der Waals surface area (Å²) in [5.41, 5.74) is -0.405. The highest BCUT2D eigenvalue weighted by Crippen LogP contribution is 2.54. The minimum atomic E-state index is -4.72. The lowest BCUT2D eigenvalue weighted by molar-refractivity contribution is -0.137. The fraction of sp³-hybridized carbons (Fsp3) is 0.242. The maximum absolute atomic E-state index is 14.1. The summed E-state index contributed by atoms with van der Waals surface area (Å²) in [5, 5.41) is 1.52. The number of para-hydroxylation sites is 1. The maximum Gasteiger partial charge on any atom is 0.418 e. The molecule has 2 aliphatic heterocycles. The van der Waals surface area contributed by atoms with Gasteiger partial charge in [-0.3, -0.25) is 23.7 Å².